The molecule has 3 nitrogen and oxygen atoms in total. The normalized spacial score (nSPS) is 27.5. The number of rotatable bonds is 1. The second kappa shape index (κ2) is 5.17. The average Bonchev–Trinajstić information content (AvgIpc) is 2.91. The number of aromatic nitrogens is 2. The van der Waals surface area contributed by atoms with Crippen LogP contribution >= 0.6 is 0 Å². The van der Waals surface area contributed by atoms with E-state index in [1.54, 1.807) is 0 Å². The van der Waals surface area contributed by atoms with Crippen molar-refractivity contribution in [2.24, 2.45) is 18.4 Å². The molecule has 3 heteroatoms. The van der Waals surface area contributed by atoms with Crippen LogP contribution in [-0.2, 0) is 23.7 Å². The largest absolute Gasteiger partial charge is 0.294 e. The van der Waals surface area contributed by atoms with Gasteiger partial charge in [0.25, 0.3) is 0 Å². The summed E-state index contributed by atoms with van der Waals surface area (Å²) in [5.41, 5.74) is 5.30. The van der Waals surface area contributed by atoms with Crippen LogP contribution in [0.5, 0.6) is 0 Å². The molecule has 0 saturated carbocycles. The van der Waals surface area contributed by atoms with E-state index in [1.165, 1.54) is 16.8 Å². The summed E-state index contributed by atoms with van der Waals surface area (Å²) in [6.45, 7) is 8.46. The van der Waals surface area contributed by atoms with Gasteiger partial charge >= 0.3 is 0 Å². The molecule has 2 aliphatic carbocycles. The van der Waals surface area contributed by atoms with Crippen LogP contribution < -0.4 is 0 Å². The van der Waals surface area contributed by atoms with E-state index in [0.29, 0.717) is 5.92 Å². The second-order valence-electron chi connectivity index (χ2n) is 8.42. The van der Waals surface area contributed by atoms with Crippen molar-refractivity contribution in [1.82, 2.24) is 9.78 Å². The van der Waals surface area contributed by atoms with Gasteiger partial charge in [0.15, 0.2) is 5.78 Å². The Labute approximate surface area is 149 Å². The maximum absolute atomic E-state index is 12.8. The molecule has 0 radical (unpaired) electrons. The number of carbonyl (C=O) groups is 1. The summed E-state index contributed by atoms with van der Waals surface area (Å²) in [5, 5.41) is 4.97. The third kappa shape index (κ3) is 2.11. The highest BCUT2D eigenvalue weighted by molar-refractivity contribution is 6.00. The first-order valence-corrected chi connectivity index (χ1v) is 9.13. The fourth-order valence-corrected chi connectivity index (χ4v) is 5.41. The van der Waals surface area contributed by atoms with Crippen LogP contribution in [0.15, 0.2) is 42.0 Å². The Kier molecular flexibility index (Phi) is 3.37. The lowest BCUT2D eigenvalue weighted by atomic mass is 9.52. The van der Waals surface area contributed by atoms with Crippen LogP contribution in [0, 0.1) is 11.3 Å². The fourth-order valence-electron chi connectivity index (χ4n) is 5.41. The highest BCUT2D eigenvalue weighted by Gasteiger charge is 2.54. The molecule has 1 aromatic carbocycles. The van der Waals surface area contributed by atoms with Gasteiger partial charge in [-0.3, -0.25) is 9.48 Å². The zero-order valence-corrected chi connectivity index (χ0v) is 15.8. The highest BCUT2D eigenvalue weighted by atomic mass is 16.1. The zero-order chi connectivity index (χ0) is 18.0. The molecule has 4 rings (SSSR count). The molecule has 0 amide bonds. The molecule has 0 N–H and O–H groups in total. The first-order chi connectivity index (χ1) is 11.8. The van der Waals surface area contributed by atoms with E-state index in [0.717, 1.165) is 24.1 Å². The summed E-state index contributed by atoms with van der Waals surface area (Å²) in [6, 6.07) is 10.5. The maximum atomic E-state index is 12.8. The topological polar surface area (TPSA) is 34.9 Å². The van der Waals surface area contributed by atoms with Crippen molar-refractivity contribution in [2.75, 3.05) is 0 Å². The minimum Gasteiger partial charge on any atom is -0.294 e. The lowest BCUT2D eigenvalue weighted by Crippen LogP contribution is -2.50. The summed E-state index contributed by atoms with van der Waals surface area (Å²) in [4.78, 5) is 12.8. The Hall–Kier alpha value is -2.16. The number of benzene rings is 1. The number of nitrogens with zero attached hydrogens (tertiary/aromatic N) is 2. The third-order valence-corrected chi connectivity index (χ3v) is 6.44. The van der Waals surface area contributed by atoms with E-state index < -0.39 is 0 Å². The number of hydrogen-bond acceptors (Lipinski definition) is 2. The molecule has 0 aliphatic heterocycles. The van der Waals surface area contributed by atoms with Gasteiger partial charge in [-0.25, -0.2) is 0 Å². The number of ketones is 1. The maximum Gasteiger partial charge on any atom is 0.164 e. The van der Waals surface area contributed by atoms with Gasteiger partial charge in [0.05, 0.1) is 11.4 Å². The molecule has 0 saturated heterocycles. The van der Waals surface area contributed by atoms with E-state index in [4.69, 9.17) is 5.10 Å². The molecule has 2 aromatic rings. The van der Waals surface area contributed by atoms with Crippen LogP contribution in [0.2, 0.25) is 0 Å². The molecule has 130 valence electrons. The number of fused-ring (bicyclic) bond motifs is 3. The summed E-state index contributed by atoms with van der Waals surface area (Å²) in [6.07, 6.45) is 4.19. The Morgan fingerprint density at radius 1 is 1.16 bits per heavy atom. The van der Waals surface area contributed by atoms with Gasteiger partial charge in [-0.1, -0.05) is 57.2 Å². The quantitative estimate of drug-likeness (QED) is 0.771. The van der Waals surface area contributed by atoms with Crippen LogP contribution in [0.25, 0.3) is 11.3 Å². The molecular formula is C22H26N2O. The Morgan fingerprint density at radius 2 is 1.84 bits per heavy atom. The predicted octanol–water partition coefficient (Wildman–Crippen LogP) is 4.46. The molecule has 0 spiro atoms. The fraction of sp³-hybridized carbons (Fsp3) is 0.455. The first-order valence-electron chi connectivity index (χ1n) is 9.13. The summed E-state index contributed by atoms with van der Waals surface area (Å²) in [5.74, 6) is 0.583. The van der Waals surface area contributed by atoms with E-state index in [9.17, 15) is 4.79 Å². The van der Waals surface area contributed by atoms with Gasteiger partial charge in [-0.2, -0.15) is 5.10 Å². The number of carbonyl (C=O) groups excluding carboxylic acids is 1. The molecule has 2 unspecified atom stereocenters. The summed E-state index contributed by atoms with van der Waals surface area (Å²) >= 11 is 0. The van der Waals surface area contributed by atoms with E-state index >= 15 is 0 Å². The SMILES string of the molecule is CC1=CC2(C)c3nn(C)c(-c4ccccc4)c3CCC2C(C)(C)C1=O. The van der Waals surface area contributed by atoms with Gasteiger partial charge in [0.1, 0.15) is 0 Å². The lowest BCUT2D eigenvalue weighted by Gasteiger charge is -2.50. The molecule has 2 aliphatic rings. The van der Waals surface area contributed by atoms with Crippen LogP contribution in [-0.4, -0.2) is 15.6 Å². The number of allylic oxidation sites excluding steroid dienone is 2. The minimum atomic E-state index is -0.338. The van der Waals surface area contributed by atoms with Crippen molar-refractivity contribution in [3.05, 3.63) is 53.2 Å². The minimum absolute atomic E-state index is 0.181. The lowest BCUT2D eigenvalue weighted by molar-refractivity contribution is -0.128. The molecule has 0 fully saturated rings. The smallest absolute Gasteiger partial charge is 0.164 e. The molecule has 2 atom stereocenters. The predicted molar refractivity (Wildman–Crippen MR) is 100 cm³/mol. The van der Waals surface area contributed by atoms with Crippen LogP contribution in [0.4, 0.5) is 0 Å². The summed E-state index contributed by atoms with van der Waals surface area (Å²) < 4.78 is 2.03. The first kappa shape index (κ1) is 16.3. The van der Waals surface area contributed by atoms with Crippen molar-refractivity contribution in [2.45, 2.75) is 46.0 Å². The molecule has 25 heavy (non-hydrogen) atoms. The third-order valence-electron chi connectivity index (χ3n) is 6.44. The molecule has 0 bridgehead atoms. The van der Waals surface area contributed by atoms with Gasteiger partial charge < -0.3 is 0 Å². The van der Waals surface area contributed by atoms with Crippen molar-refractivity contribution < 1.29 is 4.79 Å². The Balaban J connectivity index is 1.95. The van der Waals surface area contributed by atoms with Crippen molar-refractivity contribution in [1.29, 1.82) is 0 Å². The molecular weight excluding hydrogens is 308 g/mol. The van der Waals surface area contributed by atoms with Crippen molar-refractivity contribution >= 4 is 5.78 Å². The molecule has 1 heterocycles. The number of aryl methyl sites for hydroxylation is 1. The van der Waals surface area contributed by atoms with E-state index in [2.05, 4.69) is 51.1 Å². The van der Waals surface area contributed by atoms with Gasteiger partial charge in [-0.15, -0.1) is 0 Å². The Bertz CT molecular complexity index is 888. The standard InChI is InChI=1S/C22H26N2O/c1-14-13-22(4)17(21(2,3)20(14)25)12-11-16-18(24(5)23-19(16)22)15-9-7-6-8-10-15/h6-10,13,17H,11-12H2,1-5H3. The van der Waals surface area contributed by atoms with Gasteiger partial charge in [0, 0.05) is 29.0 Å². The number of Topliss-reactive ketones (excluding diaryl/α,β-unsaturated/α-hetero) is 1. The van der Waals surface area contributed by atoms with Gasteiger partial charge in [-0.05, 0) is 31.3 Å². The average molecular weight is 334 g/mol. The van der Waals surface area contributed by atoms with Crippen molar-refractivity contribution in [3.8, 4) is 11.3 Å². The number of hydrogen-bond donors (Lipinski definition) is 0. The Morgan fingerprint density at radius 3 is 2.52 bits per heavy atom. The monoisotopic (exact) mass is 334 g/mol. The second-order valence-corrected chi connectivity index (χ2v) is 8.42. The van der Waals surface area contributed by atoms with E-state index in [-0.39, 0.29) is 16.6 Å². The zero-order valence-electron chi connectivity index (χ0n) is 15.8. The van der Waals surface area contributed by atoms with Crippen LogP contribution in [0.3, 0.4) is 0 Å². The highest BCUT2D eigenvalue weighted by Crippen LogP contribution is 2.55. The van der Waals surface area contributed by atoms with E-state index in [1.807, 2.05) is 24.7 Å². The molecule has 1 aromatic heterocycles. The van der Waals surface area contributed by atoms with Crippen LogP contribution in [0.1, 0.15) is 45.4 Å². The van der Waals surface area contributed by atoms with Crippen molar-refractivity contribution in [3.63, 3.8) is 0 Å². The summed E-state index contributed by atoms with van der Waals surface area (Å²) in [7, 11) is 2.04. The van der Waals surface area contributed by atoms with Gasteiger partial charge in [0.2, 0.25) is 0 Å².